The third-order valence-electron chi connectivity index (χ3n) is 2.61. The molecule has 0 aliphatic carbocycles. The van der Waals surface area contributed by atoms with Crippen LogP contribution in [0.3, 0.4) is 0 Å². The Balaban J connectivity index is 2.73. The highest BCUT2D eigenvalue weighted by Crippen LogP contribution is 2.15. The highest BCUT2D eigenvalue weighted by atomic mass is 32.2. The third kappa shape index (κ3) is 5.74. The lowest BCUT2D eigenvalue weighted by Crippen LogP contribution is -2.38. The predicted molar refractivity (Wildman–Crippen MR) is 69.6 cm³/mol. The average Bonchev–Trinajstić information content (AvgIpc) is 2.44. The van der Waals surface area contributed by atoms with Crippen molar-refractivity contribution in [1.82, 2.24) is 4.72 Å². The SMILES string of the molecule is O=C(O)CCc1ccc(S(=O)(=O)NCC(F)(F)CO)cc1. The Morgan fingerprint density at radius 1 is 1.24 bits per heavy atom. The lowest BCUT2D eigenvalue weighted by Gasteiger charge is -2.14. The van der Waals surface area contributed by atoms with Crippen LogP contribution in [0.15, 0.2) is 29.2 Å². The van der Waals surface area contributed by atoms with Gasteiger partial charge in [0.25, 0.3) is 5.92 Å². The third-order valence-corrected chi connectivity index (χ3v) is 4.03. The fourth-order valence-electron chi connectivity index (χ4n) is 1.43. The maximum Gasteiger partial charge on any atom is 0.303 e. The summed E-state index contributed by atoms with van der Waals surface area (Å²) in [6.45, 7) is -2.66. The fourth-order valence-corrected chi connectivity index (χ4v) is 2.49. The number of hydrogen-bond acceptors (Lipinski definition) is 4. The minimum absolute atomic E-state index is 0.0902. The van der Waals surface area contributed by atoms with E-state index in [1.54, 1.807) is 4.72 Å². The molecule has 0 heterocycles. The summed E-state index contributed by atoms with van der Waals surface area (Å²) < 4.78 is 50.8. The molecule has 0 unspecified atom stereocenters. The molecule has 0 saturated carbocycles. The normalized spacial score (nSPS) is 12.3. The quantitative estimate of drug-likeness (QED) is 0.650. The Morgan fingerprint density at radius 2 is 1.81 bits per heavy atom. The van der Waals surface area contributed by atoms with Crippen LogP contribution in [0, 0.1) is 0 Å². The molecule has 3 N–H and O–H groups in total. The van der Waals surface area contributed by atoms with Crippen molar-refractivity contribution in [2.24, 2.45) is 0 Å². The van der Waals surface area contributed by atoms with E-state index in [1.165, 1.54) is 24.3 Å². The number of carbonyl (C=O) groups is 1. The van der Waals surface area contributed by atoms with Gasteiger partial charge in [0.2, 0.25) is 10.0 Å². The van der Waals surface area contributed by atoms with Gasteiger partial charge in [-0.1, -0.05) is 12.1 Å². The summed E-state index contributed by atoms with van der Waals surface area (Å²) in [5.41, 5.74) is 0.622. The lowest BCUT2D eigenvalue weighted by atomic mass is 10.1. The van der Waals surface area contributed by atoms with Crippen molar-refractivity contribution >= 4 is 16.0 Å². The number of sulfonamides is 1. The van der Waals surface area contributed by atoms with Crippen molar-refractivity contribution in [3.8, 4) is 0 Å². The topological polar surface area (TPSA) is 104 Å². The average molecular weight is 323 g/mol. The van der Waals surface area contributed by atoms with Gasteiger partial charge in [-0.3, -0.25) is 4.79 Å². The van der Waals surface area contributed by atoms with E-state index in [-0.39, 0.29) is 17.7 Å². The number of aliphatic hydroxyl groups is 1. The number of aryl methyl sites for hydroxylation is 1. The van der Waals surface area contributed by atoms with Crippen molar-refractivity contribution in [3.05, 3.63) is 29.8 Å². The van der Waals surface area contributed by atoms with Crippen LogP contribution in [0.4, 0.5) is 8.78 Å². The highest BCUT2D eigenvalue weighted by molar-refractivity contribution is 7.89. The van der Waals surface area contributed by atoms with E-state index < -0.39 is 35.1 Å². The molecule has 0 aliphatic heterocycles. The number of carboxylic acid groups (broad SMARTS) is 1. The minimum atomic E-state index is -4.11. The number of aliphatic hydroxyl groups excluding tert-OH is 1. The molecule has 1 rings (SSSR count). The molecule has 0 radical (unpaired) electrons. The van der Waals surface area contributed by atoms with Crippen LogP contribution in [-0.4, -0.2) is 43.7 Å². The zero-order valence-electron chi connectivity index (χ0n) is 10.9. The number of alkyl halides is 2. The van der Waals surface area contributed by atoms with Gasteiger partial charge in [-0.05, 0) is 24.1 Å². The molecule has 9 heteroatoms. The zero-order valence-corrected chi connectivity index (χ0v) is 11.7. The molecule has 0 saturated heterocycles. The van der Waals surface area contributed by atoms with E-state index >= 15 is 0 Å². The van der Waals surface area contributed by atoms with Gasteiger partial charge >= 0.3 is 5.97 Å². The van der Waals surface area contributed by atoms with Crippen LogP contribution in [0.1, 0.15) is 12.0 Å². The van der Waals surface area contributed by atoms with Crippen LogP contribution in [0.5, 0.6) is 0 Å². The number of benzene rings is 1. The van der Waals surface area contributed by atoms with Gasteiger partial charge in [-0.25, -0.2) is 21.9 Å². The summed E-state index contributed by atoms with van der Waals surface area (Å²) in [5, 5.41) is 16.9. The molecule has 0 aliphatic rings. The number of hydrogen-bond donors (Lipinski definition) is 3. The number of halogens is 2. The molecule has 0 fully saturated rings. The van der Waals surface area contributed by atoms with Crippen molar-refractivity contribution < 1.29 is 32.2 Å². The van der Waals surface area contributed by atoms with Crippen LogP contribution >= 0.6 is 0 Å². The van der Waals surface area contributed by atoms with Gasteiger partial charge in [0, 0.05) is 6.42 Å². The molecule has 6 nitrogen and oxygen atoms in total. The summed E-state index contributed by atoms with van der Waals surface area (Å²) >= 11 is 0. The van der Waals surface area contributed by atoms with Gasteiger partial charge in [-0.15, -0.1) is 0 Å². The predicted octanol–water partition coefficient (Wildman–Crippen LogP) is 0.610. The van der Waals surface area contributed by atoms with E-state index in [9.17, 15) is 22.0 Å². The Kier molecular flexibility index (Phi) is 5.76. The van der Waals surface area contributed by atoms with Crippen molar-refractivity contribution in [2.45, 2.75) is 23.7 Å². The van der Waals surface area contributed by atoms with Crippen LogP contribution < -0.4 is 4.72 Å². The molecule has 1 aromatic rings. The van der Waals surface area contributed by atoms with E-state index in [0.717, 1.165) is 0 Å². The summed E-state index contributed by atoms with van der Waals surface area (Å²) in [7, 11) is -4.11. The monoisotopic (exact) mass is 323 g/mol. The van der Waals surface area contributed by atoms with Gasteiger partial charge < -0.3 is 10.2 Å². The zero-order chi connectivity index (χ0) is 16.1. The van der Waals surface area contributed by atoms with Gasteiger partial charge in [0.1, 0.15) is 6.61 Å². The molecule has 0 atom stereocenters. The first-order chi connectivity index (χ1) is 9.66. The molecule has 118 valence electrons. The minimum Gasteiger partial charge on any atom is -0.481 e. The van der Waals surface area contributed by atoms with Gasteiger partial charge in [0.05, 0.1) is 11.4 Å². The van der Waals surface area contributed by atoms with Crippen molar-refractivity contribution in [3.63, 3.8) is 0 Å². The van der Waals surface area contributed by atoms with Crippen molar-refractivity contribution in [1.29, 1.82) is 0 Å². The summed E-state index contributed by atoms with van der Waals surface area (Å²) in [4.78, 5) is 10.2. The molecule has 0 spiro atoms. The van der Waals surface area contributed by atoms with Crippen molar-refractivity contribution in [2.75, 3.05) is 13.2 Å². The molecule has 0 amide bonds. The largest absolute Gasteiger partial charge is 0.481 e. The first kappa shape index (κ1) is 17.5. The number of nitrogens with one attached hydrogen (secondary N) is 1. The standard InChI is InChI=1S/C12H15F2NO5S/c13-12(14,8-16)7-15-21(19,20)10-4-1-9(2-5-10)3-6-11(17)18/h1-2,4-5,15-16H,3,6-8H2,(H,17,18). The molecule has 0 bridgehead atoms. The van der Waals surface area contributed by atoms with E-state index in [2.05, 4.69) is 0 Å². The molecule has 21 heavy (non-hydrogen) atoms. The second kappa shape index (κ2) is 6.92. The maximum absolute atomic E-state index is 12.8. The smallest absolute Gasteiger partial charge is 0.303 e. The first-order valence-electron chi connectivity index (χ1n) is 5.95. The molecular formula is C12H15F2NO5S. The van der Waals surface area contributed by atoms with Crippen LogP contribution in [0.25, 0.3) is 0 Å². The second-order valence-electron chi connectivity index (χ2n) is 4.38. The van der Waals surface area contributed by atoms with E-state index in [0.29, 0.717) is 5.56 Å². The van der Waals surface area contributed by atoms with Gasteiger partial charge in [0.15, 0.2) is 0 Å². The Hall–Kier alpha value is -1.58. The number of rotatable bonds is 8. The molecule has 0 aromatic heterocycles. The van der Waals surface area contributed by atoms with E-state index in [4.69, 9.17) is 10.2 Å². The Morgan fingerprint density at radius 3 is 2.29 bits per heavy atom. The van der Waals surface area contributed by atoms with Gasteiger partial charge in [-0.2, -0.15) is 0 Å². The lowest BCUT2D eigenvalue weighted by molar-refractivity contribution is -0.136. The Labute approximate surface area is 120 Å². The highest BCUT2D eigenvalue weighted by Gasteiger charge is 2.30. The number of carboxylic acids is 1. The number of aliphatic carboxylic acids is 1. The maximum atomic E-state index is 12.8. The van der Waals surface area contributed by atoms with Crippen LogP contribution in [-0.2, 0) is 21.2 Å². The van der Waals surface area contributed by atoms with Crippen LogP contribution in [0.2, 0.25) is 0 Å². The summed E-state index contributed by atoms with van der Waals surface area (Å²) in [6, 6.07) is 5.25. The fraction of sp³-hybridized carbons (Fsp3) is 0.417. The summed E-state index contributed by atoms with van der Waals surface area (Å²) in [5.74, 6) is -4.51. The Bertz CT molecular complexity index is 586. The second-order valence-corrected chi connectivity index (χ2v) is 6.14. The molecule has 1 aromatic carbocycles. The molecular weight excluding hydrogens is 308 g/mol. The summed E-state index contributed by atoms with van der Waals surface area (Å²) in [6.07, 6.45) is 0.152. The first-order valence-corrected chi connectivity index (χ1v) is 7.44. The van der Waals surface area contributed by atoms with E-state index in [1.807, 2.05) is 0 Å².